The Morgan fingerprint density at radius 3 is 3.12 bits per heavy atom. The molecule has 0 radical (unpaired) electrons. The third-order valence-electron chi connectivity index (χ3n) is 4.36. The number of aromatic nitrogens is 3. The zero-order valence-corrected chi connectivity index (χ0v) is 13.0. The molecule has 3 heterocycles. The van der Waals surface area contributed by atoms with Crippen molar-refractivity contribution in [3.05, 3.63) is 36.4 Å². The molecule has 1 atom stereocenters. The van der Waals surface area contributed by atoms with Crippen molar-refractivity contribution in [1.29, 1.82) is 0 Å². The highest BCUT2D eigenvalue weighted by Crippen LogP contribution is 2.33. The van der Waals surface area contributed by atoms with Gasteiger partial charge < -0.3 is 15.0 Å². The molecule has 1 saturated heterocycles. The van der Waals surface area contributed by atoms with Gasteiger partial charge in [0.1, 0.15) is 12.7 Å². The van der Waals surface area contributed by atoms with Crippen molar-refractivity contribution < 1.29 is 14.3 Å². The Kier molecular flexibility index (Phi) is 3.64. The average molecular weight is 327 g/mol. The van der Waals surface area contributed by atoms with Gasteiger partial charge in [0.25, 0.3) is 11.8 Å². The van der Waals surface area contributed by atoms with Crippen molar-refractivity contribution in [1.82, 2.24) is 19.7 Å². The number of hydrogen-bond acceptors (Lipinski definition) is 5. The van der Waals surface area contributed by atoms with E-state index in [1.807, 2.05) is 4.90 Å². The number of nitrogens with zero attached hydrogens (tertiary/aromatic N) is 4. The van der Waals surface area contributed by atoms with E-state index in [1.165, 1.54) is 6.33 Å². The molecule has 0 spiro atoms. The summed E-state index contributed by atoms with van der Waals surface area (Å²) >= 11 is 0. The zero-order chi connectivity index (χ0) is 16.5. The van der Waals surface area contributed by atoms with Crippen molar-refractivity contribution in [3.63, 3.8) is 0 Å². The molecule has 1 N–H and O–H groups in total. The molecular formula is C16H17N5O3. The second-order valence-electron chi connectivity index (χ2n) is 5.94. The number of carbonyl (C=O) groups is 2. The van der Waals surface area contributed by atoms with Crippen molar-refractivity contribution in [3.8, 4) is 5.75 Å². The van der Waals surface area contributed by atoms with Crippen LogP contribution < -0.4 is 10.1 Å². The number of carbonyl (C=O) groups excluding carboxylic acids is 2. The van der Waals surface area contributed by atoms with Gasteiger partial charge in [-0.15, -0.1) is 0 Å². The maximum atomic E-state index is 13.0. The molecule has 4 rings (SSSR count). The number of ether oxygens (including phenoxy) is 1. The van der Waals surface area contributed by atoms with E-state index in [4.69, 9.17) is 4.74 Å². The smallest absolute Gasteiger partial charge is 0.262 e. The van der Waals surface area contributed by atoms with E-state index in [1.54, 1.807) is 29.2 Å². The van der Waals surface area contributed by atoms with E-state index in [0.717, 1.165) is 12.8 Å². The van der Waals surface area contributed by atoms with Gasteiger partial charge in [-0.3, -0.25) is 9.59 Å². The first kappa shape index (κ1) is 14.7. The summed E-state index contributed by atoms with van der Waals surface area (Å²) in [5, 5.41) is 6.91. The average Bonchev–Trinajstić information content (AvgIpc) is 3.15. The zero-order valence-electron chi connectivity index (χ0n) is 13.0. The Morgan fingerprint density at radius 1 is 1.38 bits per heavy atom. The lowest BCUT2D eigenvalue weighted by molar-refractivity contribution is -0.118. The van der Waals surface area contributed by atoms with Crippen LogP contribution in [-0.2, 0) is 4.79 Å². The van der Waals surface area contributed by atoms with Gasteiger partial charge >= 0.3 is 0 Å². The maximum Gasteiger partial charge on any atom is 0.262 e. The maximum absolute atomic E-state index is 13.0. The molecule has 124 valence electrons. The molecule has 2 aliphatic rings. The molecule has 1 aromatic heterocycles. The number of para-hydroxylation sites is 1. The van der Waals surface area contributed by atoms with E-state index in [2.05, 4.69) is 15.4 Å². The molecule has 24 heavy (non-hydrogen) atoms. The molecule has 1 unspecified atom stereocenters. The highest BCUT2D eigenvalue weighted by molar-refractivity contribution is 6.03. The summed E-state index contributed by atoms with van der Waals surface area (Å²) in [7, 11) is 0. The number of nitrogens with one attached hydrogen (secondary N) is 1. The van der Waals surface area contributed by atoms with Crippen molar-refractivity contribution >= 4 is 17.5 Å². The van der Waals surface area contributed by atoms with Gasteiger partial charge in [-0.25, -0.2) is 9.67 Å². The molecule has 0 saturated carbocycles. The summed E-state index contributed by atoms with van der Waals surface area (Å²) in [5.41, 5.74) is 1.02. The second kappa shape index (κ2) is 5.95. The minimum atomic E-state index is -0.212. The Balaban J connectivity index is 1.58. The highest BCUT2D eigenvalue weighted by Gasteiger charge is 2.29. The van der Waals surface area contributed by atoms with Crippen LogP contribution in [-0.4, -0.2) is 51.2 Å². The van der Waals surface area contributed by atoms with Crippen LogP contribution in [0.3, 0.4) is 0 Å². The summed E-state index contributed by atoms with van der Waals surface area (Å²) < 4.78 is 7.29. The predicted octanol–water partition coefficient (Wildman–Crippen LogP) is 1.09. The van der Waals surface area contributed by atoms with Crippen LogP contribution in [0.1, 0.15) is 29.2 Å². The lowest BCUT2D eigenvalue weighted by Crippen LogP contribution is -2.41. The molecule has 0 bridgehead atoms. The van der Waals surface area contributed by atoms with Gasteiger partial charge in [-0.2, -0.15) is 5.10 Å². The summed E-state index contributed by atoms with van der Waals surface area (Å²) in [6.45, 7) is 1.21. The van der Waals surface area contributed by atoms with E-state index in [9.17, 15) is 9.59 Å². The van der Waals surface area contributed by atoms with Crippen molar-refractivity contribution in [2.75, 3.05) is 25.0 Å². The Bertz CT molecular complexity index is 774. The molecule has 2 aliphatic heterocycles. The number of rotatable bonds is 2. The number of benzene rings is 1. The summed E-state index contributed by atoms with van der Waals surface area (Å²) in [6.07, 6.45) is 5.06. The standard InChI is InChI=1S/C16H17N5O3/c22-14-8-24-15-12(4-1-5-13(15)19-14)16(23)20-6-2-3-11(7-20)21-10-17-9-18-21/h1,4-5,9-11H,2-3,6-8H2,(H,19,22). The van der Waals surface area contributed by atoms with Crippen LogP contribution in [0.25, 0.3) is 0 Å². The molecule has 8 heteroatoms. The lowest BCUT2D eigenvalue weighted by Gasteiger charge is -2.33. The number of piperidine rings is 1. The molecule has 8 nitrogen and oxygen atoms in total. The number of likely N-dealkylation sites (tertiary alicyclic amines) is 1. The summed E-state index contributed by atoms with van der Waals surface area (Å²) in [6, 6.07) is 5.35. The first-order valence-corrected chi connectivity index (χ1v) is 7.91. The quantitative estimate of drug-likeness (QED) is 0.892. The Hall–Kier alpha value is -2.90. The summed E-state index contributed by atoms with van der Waals surface area (Å²) in [5.74, 6) is 0.147. The second-order valence-corrected chi connectivity index (χ2v) is 5.94. The third kappa shape index (κ3) is 2.60. The minimum absolute atomic E-state index is 0.0706. The van der Waals surface area contributed by atoms with Crippen molar-refractivity contribution in [2.45, 2.75) is 18.9 Å². The fraction of sp³-hybridized carbons (Fsp3) is 0.375. The number of anilines is 1. The Morgan fingerprint density at radius 2 is 2.29 bits per heavy atom. The van der Waals surface area contributed by atoms with Gasteiger partial charge in [0, 0.05) is 13.1 Å². The molecule has 1 fully saturated rings. The van der Waals surface area contributed by atoms with Crippen LogP contribution in [0.5, 0.6) is 5.75 Å². The number of amides is 2. The van der Waals surface area contributed by atoms with E-state index in [0.29, 0.717) is 30.1 Å². The SMILES string of the molecule is O=C1COc2c(cccc2C(=O)N2CCCC(n3cncn3)C2)N1. The monoisotopic (exact) mass is 327 g/mol. The van der Waals surface area contributed by atoms with Crippen LogP contribution in [0.4, 0.5) is 5.69 Å². The van der Waals surface area contributed by atoms with E-state index >= 15 is 0 Å². The van der Waals surface area contributed by atoms with Gasteiger partial charge in [0.15, 0.2) is 12.4 Å². The fourth-order valence-corrected chi connectivity index (χ4v) is 3.21. The van der Waals surface area contributed by atoms with Crippen molar-refractivity contribution in [2.24, 2.45) is 0 Å². The first-order valence-electron chi connectivity index (χ1n) is 7.91. The van der Waals surface area contributed by atoms with Crippen LogP contribution in [0.15, 0.2) is 30.9 Å². The van der Waals surface area contributed by atoms with E-state index in [-0.39, 0.29) is 24.5 Å². The summed E-state index contributed by atoms with van der Waals surface area (Å²) in [4.78, 5) is 30.2. The number of hydrogen-bond donors (Lipinski definition) is 1. The topological polar surface area (TPSA) is 89.4 Å². The van der Waals surface area contributed by atoms with Crippen LogP contribution >= 0.6 is 0 Å². The van der Waals surface area contributed by atoms with Crippen LogP contribution in [0.2, 0.25) is 0 Å². The molecule has 2 amide bonds. The fourth-order valence-electron chi connectivity index (χ4n) is 3.21. The predicted molar refractivity (Wildman–Crippen MR) is 84.8 cm³/mol. The lowest BCUT2D eigenvalue weighted by atomic mass is 10.0. The van der Waals surface area contributed by atoms with E-state index < -0.39 is 0 Å². The molecule has 2 aromatic rings. The minimum Gasteiger partial charge on any atom is -0.481 e. The van der Waals surface area contributed by atoms with Crippen LogP contribution in [0, 0.1) is 0 Å². The number of fused-ring (bicyclic) bond motifs is 1. The molecular weight excluding hydrogens is 310 g/mol. The van der Waals surface area contributed by atoms with Gasteiger partial charge in [-0.1, -0.05) is 6.07 Å². The van der Waals surface area contributed by atoms with Gasteiger partial charge in [0.2, 0.25) is 0 Å². The molecule has 1 aromatic carbocycles. The highest BCUT2D eigenvalue weighted by atomic mass is 16.5. The third-order valence-corrected chi connectivity index (χ3v) is 4.36. The van der Waals surface area contributed by atoms with Gasteiger partial charge in [-0.05, 0) is 25.0 Å². The largest absolute Gasteiger partial charge is 0.481 e. The Labute approximate surface area is 138 Å². The first-order chi connectivity index (χ1) is 11.7. The molecule has 0 aliphatic carbocycles. The normalized spacial score (nSPS) is 20.1. The van der Waals surface area contributed by atoms with Gasteiger partial charge in [0.05, 0.1) is 17.3 Å².